The molecule has 3 rings (SSSR count). The Morgan fingerprint density at radius 2 is 2.25 bits per heavy atom. The van der Waals surface area contributed by atoms with Crippen LogP contribution in [0.5, 0.6) is 5.88 Å². The molecule has 1 aromatic heterocycles. The molecule has 0 radical (unpaired) electrons. The molecule has 1 aromatic carbocycles. The highest BCUT2D eigenvalue weighted by molar-refractivity contribution is 5.98. The number of carbonyl (C=O) groups is 1. The van der Waals surface area contributed by atoms with Gasteiger partial charge in [0.1, 0.15) is 5.56 Å². The van der Waals surface area contributed by atoms with Gasteiger partial charge >= 0.3 is 0 Å². The summed E-state index contributed by atoms with van der Waals surface area (Å²) in [6.45, 7) is 0.587. The van der Waals surface area contributed by atoms with E-state index >= 15 is 0 Å². The number of amides is 1. The van der Waals surface area contributed by atoms with Gasteiger partial charge in [-0.05, 0) is 30.4 Å². The Hall–Kier alpha value is -2.89. The molecule has 2 aromatic rings. The van der Waals surface area contributed by atoms with Crippen molar-refractivity contribution in [3.05, 3.63) is 47.7 Å². The second-order valence-corrected chi connectivity index (χ2v) is 5.74. The zero-order valence-electron chi connectivity index (χ0n) is 13.4. The van der Waals surface area contributed by atoms with E-state index in [0.29, 0.717) is 24.0 Å². The van der Waals surface area contributed by atoms with Crippen LogP contribution in [0.2, 0.25) is 0 Å². The van der Waals surface area contributed by atoms with Gasteiger partial charge in [-0.3, -0.25) is 4.79 Å². The minimum atomic E-state index is -0.247. The lowest BCUT2D eigenvalue weighted by Crippen LogP contribution is -2.20. The number of nitrogens with zero attached hydrogens (tertiary/aromatic N) is 2. The van der Waals surface area contributed by atoms with Crippen molar-refractivity contribution in [2.45, 2.75) is 12.8 Å². The molecular formula is C18H19N3O3. The molecule has 0 bridgehead atoms. The fourth-order valence-electron chi connectivity index (χ4n) is 2.43. The third-order valence-electron chi connectivity index (χ3n) is 3.94. The number of ether oxygens (including phenoxy) is 1. The predicted molar refractivity (Wildman–Crippen MR) is 90.7 cm³/mol. The number of nitrogens with one attached hydrogen (secondary N) is 1. The van der Waals surface area contributed by atoms with Crippen molar-refractivity contribution in [3.8, 4) is 17.0 Å². The maximum absolute atomic E-state index is 12.2. The van der Waals surface area contributed by atoms with Crippen LogP contribution >= 0.6 is 0 Å². The van der Waals surface area contributed by atoms with E-state index in [1.165, 1.54) is 19.1 Å². The molecule has 0 aliphatic heterocycles. The van der Waals surface area contributed by atoms with Gasteiger partial charge in [-0.25, -0.2) is 4.98 Å². The van der Waals surface area contributed by atoms with Crippen molar-refractivity contribution >= 4 is 12.1 Å². The molecule has 2 N–H and O–H groups in total. The van der Waals surface area contributed by atoms with Gasteiger partial charge in [0.15, 0.2) is 0 Å². The Labute approximate surface area is 140 Å². The van der Waals surface area contributed by atoms with Gasteiger partial charge in [0.25, 0.3) is 5.91 Å². The lowest BCUT2D eigenvalue weighted by atomic mass is 10.0. The lowest BCUT2D eigenvalue weighted by molar-refractivity contribution is 0.0957. The molecule has 1 heterocycles. The monoisotopic (exact) mass is 325 g/mol. The summed E-state index contributed by atoms with van der Waals surface area (Å²) < 4.78 is 5.71. The normalized spacial score (nSPS) is 13.9. The van der Waals surface area contributed by atoms with Crippen molar-refractivity contribution < 1.29 is 14.7 Å². The SMILES string of the molecule is CNC(=O)c1cc(-c2ccccc2/C=N/O)cnc1OCC1CC1. The largest absolute Gasteiger partial charge is 0.477 e. The number of hydrogen-bond donors (Lipinski definition) is 2. The summed E-state index contributed by atoms with van der Waals surface area (Å²) >= 11 is 0. The summed E-state index contributed by atoms with van der Waals surface area (Å²) in [5, 5.41) is 14.5. The van der Waals surface area contributed by atoms with Gasteiger partial charge in [0.05, 0.1) is 12.8 Å². The highest BCUT2D eigenvalue weighted by Crippen LogP contribution is 2.31. The van der Waals surface area contributed by atoms with Gasteiger partial charge < -0.3 is 15.3 Å². The maximum atomic E-state index is 12.2. The van der Waals surface area contributed by atoms with Gasteiger partial charge in [-0.1, -0.05) is 29.4 Å². The number of hydrogen-bond acceptors (Lipinski definition) is 5. The Kier molecular flexibility index (Phi) is 4.74. The third kappa shape index (κ3) is 3.53. The van der Waals surface area contributed by atoms with Gasteiger partial charge in [0, 0.05) is 24.4 Å². The van der Waals surface area contributed by atoms with E-state index in [1.807, 2.05) is 24.3 Å². The number of carbonyl (C=O) groups excluding carboxylic acids is 1. The molecule has 24 heavy (non-hydrogen) atoms. The molecule has 6 heteroatoms. The van der Waals surface area contributed by atoms with E-state index in [4.69, 9.17) is 9.94 Å². The zero-order chi connectivity index (χ0) is 16.9. The molecule has 1 fully saturated rings. The summed E-state index contributed by atoms with van der Waals surface area (Å²) in [6.07, 6.45) is 5.35. The van der Waals surface area contributed by atoms with Crippen LogP contribution in [-0.4, -0.2) is 36.0 Å². The van der Waals surface area contributed by atoms with Crippen LogP contribution in [0.25, 0.3) is 11.1 Å². The van der Waals surface area contributed by atoms with Gasteiger partial charge in [-0.2, -0.15) is 0 Å². The van der Waals surface area contributed by atoms with Crippen molar-refractivity contribution in [2.24, 2.45) is 11.1 Å². The average molecular weight is 325 g/mol. The molecule has 124 valence electrons. The summed E-state index contributed by atoms with van der Waals surface area (Å²) in [5.41, 5.74) is 2.70. The molecule has 0 saturated heterocycles. The molecule has 6 nitrogen and oxygen atoms in total. The van der Waals surface area contributed by atoms with Crippen molar-refractivity contribution in [1.82, 2.24) is 10.3 Å². The number of oxime groups is 1. The van der Waals surface area contributed by atoms with Gasteiger partial charge in [0.2, 0.25) is 5.88 Å². The zero-order valence-corrected chi connectivity index (χ0v) is 13.4. The first kappa shape index (κ1) is 16.0. The van der Waals surface area contributed by atoms with Crippen molar-refractivity contribution in [3.63, 3.8) is 0 Å². The molecule has 0 spiro atoms. The number of benzene rings is 1. The fourth-order valence-corrected chi connectivity index (χ4v) is 2.43. The average Bonchev–Trinajstić information content (AvgIpc) is 3.44. The summed E-state index contributed by atoms with van der Waals surface area (Å²) in [5.74, 6) is 0.673. The Balaban J connectivity index is 1.98. The first-order valence-electron chi connectivity index (χ1n) is 7.84. The topological polar surface area (TPSA) is 83.8 Å². The van der Waals surface area contributed by atoms with E-state index in [1.54, 1.807) is 19.3 Å². The third-order valence-corrected chi connectivity index (χ3v) is 3.94. The second kappa shape index (κ2) is 7.12. The lowest BCUT2D eigenvalue weighted by Gasteiger charge is -2.12. The van der Waals surface area contributed by atoms with Crippen molar-refractivity contribution in [2.75, 3.05) is 13.7 Å². The van der Waals surface area contributed by atoms with Crippen LogP contribution < -0.4 is 10.1 Å². The number of pyridine rings is 1. The predicted octanol–water partition coefficient (Wildman–Crippen LogP) is 2.71. The van der Waals surface area contributed by atoms with Crippen LogP contribution in [0.1, 0.15) is 28.8 Å². The Morgan fingerprint density at radius 1 is 1.46 bits per heavy atom. The fraction of sp³-hybridized carbons (Fsp3) is 0.278. The minimum Gasteiger partial charge on any atom is -0.477 e. The van der Waals surface area contributed by atoms with E-state index < -0.39 is 0 Å². The van der Waals surface area contributed by atoms with Crippen LogP contribution in [0.4, 0.5) is 0 Å². The van der Waals surface area contributed by atoms with Crippen LogP contribution in [-0.2, 0) is 0 Å². The van der Waals surface area contributed by atoms with Crippen LogP contribution in [0.3, 0.4) is 0 Å². The Bertz CT molecular complexity index is 770. The Morgan fingerprint density at radius 3 is 2.96 bits per heavy atom. The molecule has 1 aliphatic carbocycles. The smallest absolute Gasteiger partial charge is 0.256 e. The molecule has 0 unspecified atom stereocenters. The first-order chi connectivity index (χ1) is 11.7. The number of rotatable bonds is 6. The molecular weight excluding hydrogens is 306 g/mol. The molecule has 1 saturated carbocycles. The quantitative estimate of drug-likeness (QED) is 0.486. The second-order valence-electron chi connectivity index (χ2n) is 5.74. The highest BCUT2D eigenvalue weighted by Gasteiger charge is 2.24. The standard InChI is InChI=1S/C18H19N3O3/c1-19-17(22)16-8-14(9-20-18(16)24-11-12-6-7-12)15-5-3-2-4-13(15)10-21-23/h2-5,8-10,12,23H,6-7,11H2,1H3,(H,19,22)/b21-10+. The van der Waals surface area contributed by atoms with E-state index in [-0.39, 0.29) is 5.91 Å². The minimum absolute atomic E-state index is 0.247. The highest BCUT2D eigenvalue weighted by atomic mass is 16.5. The number of aromatic nitrogens is 1. The summed E-state index contributed by atoms with van der Waals surface area (Å²) in [4.78, 5) is 16.5. The van der Waals surface area contributed by atoms with E-state index in [9.17, 15) is 4.79 Å². The van der Waals surface area contributed by atoms with Gasteiger partial charge in [-0.15, -0.1) is 0 Å². The summed E-state index contributed by atoms with van der Waals surface area (Å²) in [7, 11) is 1.58. The van der Waals surface area contributed by atoms with Crippen LogP contribution in [0.15, 0.2) is 41.7 Å². The maximum Gasteiger partial charge on any atom is 0.256 e. The van der Waals surface area contributed by atoms with Crippen LogP contribution in [0, 0.1) is 5.92 Å². The molecule has 1 aliphatic rings. The first-order valence-corrected chi connectivity index (χ1v) is 7.84. The van der Waals surface area contributed by atoms with E-state index in [2.05, 4.69) is 15.5 Å². The van der Waals surface area contributed by atoms with E-state index in [0.717, 1.165) is 16.7 Å². The molecule has 0 atom stereocenters. The van der Waals surface area contributed by atoms with Crippen molar-refractivity contribution in [1.29, 1.82) is 0 Å². The summed E-state index contributed by atoms with van der Waals surface area (Å²) in [6, 6.07) is 9.18. The molecule has 1 amide bonds.